The number of benzene rings is 2. The maximum absolute atomic E-state index is 11.8. The summed E-state index contributed by atoms with van der Waals surface area (Å²) in [6.45, 7) is 0. The molecule has 0 aromatic heterocycles. The average Bonchev–Trinajstić information content (AvgIpc) is 2.47. The van der Waals surface area contributed by atoms with Gasteiger partial charge in [0.25, 0.3) is 10.0 Å². The van der Waals surface area contributed by atoms with Crippen molar-refractivity contribution in [3.05, 3.63) is 66.2 Å². The summed E-state index contributed by atoms with van der Waals surface area (Å²) in [6, 6.07) is 16.6. The zero-order valence-electron chi connectivity index (χ0n) is 10.5. The SMILES string of the molecule is O=C(Cc1ccccc1)ONS(=O)(=O)c1ccccc1. The van der Waals surface area contributed by atoms with Crippen LogP contribution in [0.3, 0.4) is 0 Å². The van der Waals surface area contributed by atoms with Crippen molar-refractivity contribution in [2.45, 2.75) is 11.3 Å². The van der Waals surface area contributed by atoms with Crippen LogP contribution >= 0.6 is 0 Å². The van der Waals surface area contributed by atoms with Crippen LogP contribution in [0.25, 0.3) is 0 Å². The molecule has 6 heteroatoms. The van der Waals surface area contributed by atoms with E-state index in [1.165, 1.54) is 12.1 Å². The van der Waals surface area contributed by atoms with Crippen LogP contribution in [0.2, 0.25) is 0 Å². The van der Waals surface area contributed by atoms with Gasteiger partial charge in [-0.2, -0.15) is 0 Å². The van der Waals surface area contributed by atoms with Crippen LogP contribution in [0.5, 0.6) is 0 Å². The second-order valence-electron chi connectivity index (χ2n) is 4.04. The van der Waals surface area contributed by atoms with Gasteiger partial charge in [0.1, 0.15) is 0 Å². The molecule has 0 saturated heterocycles. The molecule has 0 saturated carbocycles. The molecule has 0 aliphatic heterocycles. The lowest BCUT2D eigenvalue weighted by Crippen LogP contribution is -2.28. The number of carbonyl (C=O) groups excluding carboxylic acids is 1. The maximum Gasteiger partial charge on any atom is 0.330 e. The minimum absolute atomic E-state index is 0.00184. The molecule has 5 nitrogen and oxygen atoms in total. The first-order valence-electron chi connectivity index (χ1n) is 5.88. The van der Waals surface area contributed by atoms with Crippen LogP contribution in [0.15, 0.2) is 65.6 Å². The molecule has 0 fully saturated rings. The van der Waals surface area contributed by atoms with Gasteiger partial charge in [0.2, 0.25) is 0 Å². The van der Waals surface area contributed by atoms with Gasteiger partial charge in [-0.25, -0.2) is 13.2 Å². The van der Waals surface area contributed by atoms with Crippen LogP contribution in [-0.4, -0.2) is 14.4 Å². The first-order chi connectivity index (χ1) is 9.58. The lowest BCUT2D eigenvalue weighted by Gasteiger charge is -2.06. The summed E-state index contributed by atoms with van der Waals surface area (Å²) >= 11 is 0. The fourth-order valence-electron chi connectivity index (χ4n) is 1.55. The van der Waals surface area contributed by atoms with Crippen LogP contribution in [0.4, 0.5) is 0 Å². The number of sulfonamides is 1. The molecule has 0 amide bonds. The average molecular weight is 291 g/mol. The monoisotopic (exact) mass is 291 g/mol. The highest BCUT2D eigenvalue weighted by Gasteiger charge is 2.16. The molecule has 0 aliphatic rings. The predicted molar refractivity (Wildman–Crippen MR) is 73.0 cm³/mol. The van der Waals surface area contributed by atoms with Gasteiger partial charge in [0, 0.05) is 0 Å². The Kier molecular flexibility index (Phi) is 4.49. The van der Waals surface area contributed by atoms with Gasteiger partial charge < -0.3 is 4.84 Å². The molecular formula is C14H13NO4S. The Morgan fingerprint density at radius 2 is 1.50 bits per heavy atom. The van der Waals surface area contributed by atoms with E-state index in [-0.39, 0.29) is 11.3 Å². The fourth-order valence-corrected chi connectivity index (χ4v) is 2.36. The van der Waals surface area contributed by atoms with Crippen LogP contribution in [0.1, 0.15) is 5.56 Å². The Bertz CT molecular complexity index is 669. The highest BCUT2D eigenvalue weighted by molar-refractivity contribution is 7.89. The number of hydrogen-bond acceptors (Lipinski definition) is 4. The number of carbonyl (C=O) groups is 1. The van der Waals surface area contributed by atoms with Gasteiger partial charge in [-0.15, -0.1) is 0 Å². The Morgan fingerprint density at radius 1 is 0.950 bits per heavy atom. The molecule has 0 atom stereocenters. The minimum Gasteiger partial charge on any atom is -0.355 e. The summed E-state index contributed by atoms with van der Waals surface area (Å²) < 4.78 is 23.6. The van der Waals surface area contributed by atoms with Crippen LogP contribution < -0.4 is 4.89 Å². The van der Waals surface area contributed by atoms with Crippen LogP contribution in [0, 0.1) is 0 Å². The lowest BCUT2D eigenvalue weighted by molar-refractivity contribution is -0.146. The molecule has 104 valence electrons. The summed E-state index contributed by atoms with van der Waals surface area (Å²) in [5.74, 6) is -0.671. The van der Waals surface area contributed by atoms with Crippen molar-refractivity contribution in [2.24, 2.45) is 0 Å². The quantitative estimate of drug-likeness (QED) is 0.850. The Morgan fingerprint density at radius 3 is 2.10 bits per heavy atom. The normalized spacial score (nSPS) is 11.0. The lowest BCUT2D eigenvalue weighted by atomic mass is 10.2. The van der Waals surface area contributed by atoms with Crippen molar-refractivity contribution in [2.75, 3.05) is 0 Å². The van der Waals surface area contributed by atoms with Gasteiger partial charge in [0.15, 0.2) is 0 Å². The molecule has 0 aliphatic carbocycles. The molecule has 2 rings (SSSR count). The van der Waals surface area contributed by atoms with Gasteiger partial charge >= 0.3 is 5.97 Å². The molecule has 20 heavy (non-hydrogen) atoms. The van der Waals surface area contributed by atoms with Gasteiger partial charge in [-0.1, -0.05) is 48.5 Å². The zero-order chi connectivity index (χ0) is 14.4. The fraction of sp³-hybridized carbons (Fsp3) is 0.0714. The molecule has 1 N–H and O–H groups in total. The Balaban J connectivity index is 1.94. The molecule has 2 aromatic carbocycles. The van der Waals surface area contributed by atoms with E-state index in [2.05, 4.69) is 4.84 Å². The van der Waals surface area contributed by atoms with Gasteiger partial charge in [-0.05, 0) is 22.6 Å². The predicted octanol–water partition coefficient (Wildman–Crippen LogP) is 1.67. The first kappa shape index (κ1) is 14.2. The van der Waals surface area contributed by atoms with Crippen molar-refractivity contribution in [1.82, 2.24) is 4.89 Å². The highest BCUT2D eigenvalue weighted by Crippen LogP contribution is 2.07. The zero-order valence-corrected chi connectivity index (χ0v) is 11.3. The van der Waals surface area contributed by atoms with Crippen molar-refractivity contribution in [3.63, 3.8) is 0 Å². The Labute approximate surface area is 117 Å². The third-order valence-electron chi connectivity index (χ3n) is 2.51. The maximum atomic E-state index is 11.8. The largest absolute Gasteiger partial charge is 0.355 e. The summed E-state index contributed by atoms with van der Waals surface area (Å²) in [5, 5.41) is 0. The molecular weight excluding hydrogens is 278 g/mol. The summed E-state index contributed by atoms with van der Waals surface area (Å²) in [7, 11) is -3.84. The third kappa shape index (κ3) is 3.91. The van der Waals surface area contributed by atoms with Crippen molar-refractivity contribution >= 4 is 16.0 Å². The van der Waals surface area contributed by atoms with E-state index in [0.717, 1.165) is 5.56 Å². The molecule has 2 aromatic rings. The molecule has 0 unspecified atom stereocenters. The summed E-state index contributed by atoms with van der Waals surface area (Å²) in [4.78, 5) is 18.0. The third-order valence-corrected chi connectivity index (χ3v) is 3.71. The van der Waals surface area contributed by atoms with E-state index in [1.807, 2.05) is 11.0 Å². The number of nitrogens with one attached hydrogen (secondary N) is 1. The van der Waals surface area contributed by atoms with E-state index in [0.29, 0.717) is 0 Å². The molecule has 0 spiro atoms. The summed E-state index contributed by atoms with van der Waals surface area (Å²) in [6.07, 6.45) is -0.00184. The van der Waals surface area contributed by atoms with Gasteiger partial charge in [0.05, 0.1) is 11.3 Å². The van der Waals surface area contributed by atoms with E-state index >= 15 is 0 Å². The highest BCUT2D eigenvalue weighted by atomic mass is 32.2. The summed E-state index contributed by atoms with van der Waals surface area (Å²) in [5.41, 5.74) is 0.747. The Hall–Kier alpha value is -2.18. The standard InChI is InChI=1S/C14H13NO4S/c16-14(11-12-7-3-1-4-8-12)19-15-20(17,18)13-9-5-2-6-10-13/h1-10,15H,11H2. The van der Waals surface area contributed by atoms with Crippen LogP contribution in [-0.2, 0) is 26.1 Å². The molecule has 0 bridgehead atoms. The van der Waals surface area contributed by atoms with E-state index in [9.17, 15) is 13.2 Å². The number of hydrogen-bond donors (Lipinski definition) is 1. The molecule has 0 radical (unpaired) electrons. The number of rotatable bonds is 5. The van der Waals surface area contributed by atoms with Crippen molar-refractivity contribution in [1.29, 1.82) is 0 Å². The van der Waals surface area contributed by atoms with E-state index in [1.54, 1.807) is 42.5 Å². The second kappa shape index (κ2) is 6.31. The topological polar surface area (TPSA) is 72.5 Å². The second-order valence-corrected chi connectivity index (χ2v) is 5.68. The van der Waals surface area contributed by atoms with Crippen molar-refractivity contribution in [3.8, 4) is 0 Å². The molecule has 0 heterocycles. The van der Waals surface area contributed by atoms with Crippen molar-refractivity contribution < 1.29 is 18.0 Å². The van der Waals surface area contributed by atoms with E-state index in [4.69, 9.17) is 0 Å². The smallest absolute Gasteiger partial charge is 0.330 e. The van der Waals surface area contributed by atoms with E-state index < -0.39 is 16.0 Å². The first-order valence-corrected chi connectivity index (χ1v) is 7.37. The van der Waals surface area contributed by atoms with Gasteiger partial charge in [-0.3, -0.25) is 0 Å². The minimum atomic E-state index is -3.84.